The van der Waals surface area contributed by atoms with Crippen LogP contribution in [0.2, 0.25) is 0 Å². The number of ether oxygens (including phenoxy) is 1. The molecule has 1 amide bonds. The Bertz CT molecular complexity index is 741. The highest BCUT2D eigenvalue weighted by atomic mass is 32.2. The summed E-state index contributed by atoms with van der Waals surface area (Å²) in [5.74, 6) is -0.275. The number of nitrogens with one attached hydrogen (secondary N) is 1. The van der Waals surface area contributed by atoms with E-state index in [-0.39, 0.29) is 23.8 Å². The maximum Gasteiger partial charge on any atom is 0.422 e. The van der Waals surface area contributed by atoms with Crippen LogP contribution in [0.25, 0.3) is 0 Å². The topological polar surface area (TPSA) is 51.2 Å². The molecule has 0 unspecified atom stereocenters. The number of benzene rings is 1. The van der Waals surface area contributed by atoms with Crippen molar-refractivity contribution < 1.29 is 27.1 Å². The molecule has 0 fully saturated rings. The fraction of sp³-hybridized carbons (Fsp3) is 0.294. The van der Waals surface area contributed by atoms with Crippen molar-refractivity contribution in [3.8, 4) is 5.88 Å². The number of halogens is 4. The number of rotatable bonds is 8. The van der Waals surface area contributed by atoms with Gasteiger partial charge in [0.15, 0.2) is 6.61 Å². The molecule has 1 heterocycles. The normalized spacial score (nSPS) is 11.2. The maximum absolute atomic E-state index is 13.5. The molecule has 0 atom stereocenters. The molecule has 2 aromatic rings. The number of aromatic nitrogens is 1. The Balaban J connectivity index is 1.80. The van der Waals surface area contributed by atoms with E-state index in [2.05, 4.69) is 15.0 Å². The van der Waals surface area contributed by atoms with Gasteiger partial charge < -0.3 is 10.1 Å². The van der Waals surface area contributed by atoms with Gasteiger partial charge in [-0.05, 0) is 23.8 Å². The molecule has 0 aliphatic rings. The highest BCUT2D eigenvalue weighted by Crippen LogP contribution is 2.20. The van der Waals surface area contributed by atoms with Crippen molar-refractivity contribution in [2.75, 3.05) is 18.9 Å². The predicted octanol–water partition coefficient (Wildman–Crippen LogP) is 3.83. The van der Waals surface area contributed by atoms with Gasteiger partial charge in [0.25, 0.3) is 5.91 Å². The summed E-state index contributed by atoms with van der Waals surface area (Å²) in [5, 5.41) is 2.58. The Kier molecular flexibility index (Phi) is 7.26. The van der Waals surface area contributed by atoms with Crippen molar-refractivity contribution in [3.63, 3.8) is 0 Å². The molecule has 1 aromatic carbocycles. The average molecular weight is 388 g/mol. The smallest absolute Gasteiger partial charge is 0.422 e. The Hall–Kier alpha value is -2.29. The van der Waals surface area contributed by atoms with Gasteiger partial charge in [0.05, 0.1) is 0 Å². The van der Waals surface area contributed by atoms with Crippen LogP contribution in [-0.4, -0.2) is 36.0 Å². The van der Waals surface area contributed by atoms with Crippen LogP contribution in [0.5, 0.6) is 5.88 Å². The number of hydrogen-bond donors (Lipinski definition) is 1. The predicted molar refractivity (Wildman–Crippen MR) is 90.7 cm³/mol. The molecule has 0 radical (unpaired) electrons. The van der Waals surface area contributed by atoms with Crippen LogP contribution >= 0.6 is 11.8 Å². The summed E-state index contributed by atoms with van der Waals surface area (Å²) >= 11 is 1.43. The van der Waals surface area contributed by atoms with Crippen LogP contribution in [-0.2, 0) is 5.75 Å². The molecule has 1 N–H and O–H groups in total. The summed E-state index contributed by atoms with van der Waals surface area (Å²) in [6.45, 7) is -1.26. The second-order valence-corrected chi connectivity index (χ2v) is 6.27. The van der Waals surface area contributed by atoms with E-state index in [0.717, 1.165) is 0 Å². The van der Waals surface area contributed by atoms with Gasteiger partial charge in [0.2, 0.25) is 5.88 Å². The van der Waals surface area contributed by atoms with E-state index in [1.807, 2.05) is 0 Å². The molecule has 9 heteroatoms. The lowest BCUT2D eigenvalue weighted by molar-refractivity contribution is -0.154. The van der Waals surface area contributed by atoms with Gasteiger partial charge in [-0.15, -0.1) is 0 Å². The van der Waals surface area contributed by atoms with E-state index >= 15 is 0 Å². The third-order valence-corrected chi connectivity index (χ3v) is 4.14. The van der Waals surface area contributed by atoms with Crippen LogP contribution in [0.1, 0.15) is 15.9 Å². The lowest BCUT2D eigenvalue weighted by atomic mass is 10.2. The van der Waals surface area contributed by atoms with Gasteiger partial charge in [-0.1, -0.05) is 18.2 Å². The lowest BCUT2D eigenvalue weighted by Gasteiger charge is -2.12. The van der Waals surface area contributed by atoms with Crippen molar-refractivity contribution >= 4 is 17.7 Å². The Morgan fingerprint density at radius 2 is 1.96 bits per heavy atom. The van der Waals surface area contributed by atoms with Crippen molar-refractivity contribution in [2.45, 2.75) is 11.9 Å². The molecule has 0 saturated carbocycles. The molecular formula is C17H16F4N2O2S. The summed E-state index contributed by atoms with van der Waals surface area (Å²) in [6.07, 6.45) is -3.28. The Labute approximate surface area is 152 Å². The zero-order chi connectivity index (χ0) is 19.0. The van der Waals surface area contributed by atoms with E-state index in [4.69, 9.17) is 0 Å². The molecule has 0 aliphatic heterocycles. The van der Waals surface area contributed by atoms with E-state index < -0.39 is 18.7 Å². The van der Waals surface area contributed by atoms with Gasteiger partial charge in [-0.3, -0.25) is 4.79 Å². The second kappa shape index (κ2) is 9.42. The minimum atomic E-state index is -4.52. The van der Waals surface area contributed by atoms with E-state index in [1.165, 1.54) is 36.2 Å². The van der Waals surface area contributed by atoms with Crippen LogP contribution in [0.15, 0.2) is 42.6 Å². The van der Waals surface area contributed by atoms with Crippen LogP contribution in [0, 0.1) is 5.82 Å². The molecule has 1 aromatic heterocycles. The summed E-state index contributed by atoms with van der Waals surface area (Å²) < 4.78 is 54.8. The fourth-order valence-corrected chi connectivity index (χ4v) is 2.80. The summed E-state index contributed by atoms with van der Waals surface area (Å²) in [7, 11) is 0. The molecule has 0 spiro atoms. The maximum atomic E-state index is 13.5. The molecular weight excluding hydrogens is 372 g/mol. The fourth-order valence-electron chi connectivity index (χ4n) is 1.96. The van der Waals surface area contributed by atoms with Gasteiger partial charge in [-0.25, -0.2) is 9.37 Å². The highest BCUT2D eigenvalue weighted by Gasteiger charge is 2.29. The molecule has 26 heavy (non-hydrogen) atoms. The van der Waals surface area contributed by atoms with Crippen LogP contribution in [0.4, 0.5) is 17.6 Å². The van der Waals surface area contributed by atoms with Gasteiger partial charge >= 0.3 is 6.18 Å². The number of carbonyl (C=O) groups excluding carboxylic acids is 1. The third-order valence-electron chi connectivity index (χ3n) is 3.14. The minimum Gasteiger partial charge on any atom is -0.467 e. The second-order valence-electron chi connectivity index (χ2n) is 5.16. The number of carbonyl (C=O) groups is 1. The number of hydrogen-bond acceptors (Lipinski definition) is 4. The number of amides is 1. The number of pyridine rings is 1. The van der Waals surface area contributed by atoms with Crippen molar-refractivity contribution in [2.24, 2.45) is 0 Å². The van der Waals surface area contributed by atoms with E-state index in [9.17, 15) is 22.4 Å². The molecule has 0 saturated heterocycles. The Morgan fingerprint density at radius 1 is 1.19 bits per heavy atom. The first-order valence-corrected chi connectivity index (χ1v) is 8.76. The molecule has 0 bridgehead atoms. The standard InChI is InChI=1S/C17H16F4N2O2S/c18-14-6-2-1-4-12(14)10-26-9-8-22-15(24)13-5-3-7-23-16(13)25-11-17(19,20)21/h1-7H,8-11H2,(H,22,24). The number of nitrogens with zero attached hydrogens (tertiary/aromatic N) is 1. The molecule has 0 aliphatic carbocycles. The third kappa shape index (κ3) is 6.55. The first-order chi connectivity index (χ1) is 12.4. The van der Waals surface area contributed by atoms with Crippen LogP contribution in [0.3, 0.4) is 0 Å². The summed E-state index contributed by atoms with van der Waals surface area (Å²) in [5.41, 5.74) is 0.495. The quantitative estimate of drug-likeness (QED) is 0.552. The summed E-state index contributed by atoms with van der Waals surface area (Å²) in [4.78, 5) is 15.8. The highest BCUT2D eigenvalue weighted by molar-refractivity contribution is 7.98. The van der Waals surface area contributed by atoms with Gasteiger partial charge in [0.1, 0.15) is 11.4 Å². The first kappa shape index (κ1) is 20.0. The lowest BCUT2D eigenvalue weighted by Crippen LogP contribution is -2.27. The Morgan fingerprint density at radius 3 is 2.69 bits per heavy atom. The number of alkyl halides is 3. The SMILES string of the molecule is O=C(NCCSCc1ccccc1F)c1cccnc1OCC(F)(F)F. The average Bonchev–Trinajstić information content (AvgIpc) is 2.60. The minimum absolute atomic E-state index is 0.0733. The van der Waals surface area contributed by atoms with Crippen LogP contribution < -0.4 is 10.1 Å². The van der Waals surface area contributed by atoms with Gasteiger partial charge in [-0.2, -0.15) is 24.9 Å². The molecule has 140 valence electrons. The van der Waals surface area contributed by atoms with Crippen molar-refractivity contribution in [1.82, 2.24) is 10.3 Å². The zero-order valence-electron chi connectivity index (χ0n) is 13.6. The van der Waals surface area contributed by atoms with Crippen molar-refractivity contribution in [1.29, 1.82) is 0 Å². The van der Waals surface area contributed by atoms with E-state index in [1.54, 1.807) is 18.2 Å². The largest absolute Gasteiger partial charge is 0.467 e. The van der Waals surface area contributed by atoms with Gasteiger partial charge in [0, 0.05) is 24.2 Å². The first-order valence-electron chi connectivity index (χ1n) is 7.61. The van der Waals surface area contributed by atoms with Crippen molar-refractivity contribution in [3.05, 3.63) is 59.5 Å². The monoisotopic (exact) mass is 388 g/mol. The molecule has 4 nitrogen and oxygen atoms in total. The number of thioether (sulfide) groups is 1. The summed E-state index contributed by atoms with van der Waals surface area (Å²) in [6, 6.07) is 9.17. The molecule has 2 rings (SSSR count). The zero-order valence-corrected chi connectivity index (χ0v) is 14.4. The van der Waals surface area contributed by atoms with E-state index in [0.29, 0.717) is 17.1 Å².